The Labute approximate surface area is 187 Å². The Balaban J connectivity index is 1.69. The zero-order chi connectivity index (χ0) is 21.3. The van der Waals surface area contributed by atoms with Gasteiger partial charge < -0.3 is 19.7 Å². The summed E-state index contributed by atoms with van der Waals surface area (Å²) in [5.74, 6) is 0.757. The van der Waals surface area contributed by atoms with E-state index in [1.54, 1.807) is 30.2 Å². The van der Waals surface area contributed by atoms with Gasteiger partial charge >= 0.3 is 6.03 Å². The number of nitrogens with one attached hydrogen (secondary N) is 1. The maximum atomic E-state index is 13.1. The zero-order valence-corrected chi connectivity index (χ0v) is 18.6. The standard InChI is InChI=1S/C22H27Cl2N3O3/c1-29-21-6-3-2-5-17(21)16-27(10-4-9-26-11-13-30-14-12-26)22(28)25-20-8-7-18(23)15-19(20)24/h2-3,5-8,15H,4,9-14,16H2,1H3,(H,25,28). The topological polar surface area (TPSA) is 54.0 Å². The summed E-state index contributed by atoms with van der Waals surface area (Å²) in [6, 6.07) is 12.5. The lowest BCUT2D eigenvalue weighted by Crippen LogP contribution is -2.40. The third kappa shape index (κ3) is 6.51. The van der Waals surface area contributed by atoms with E-state index < -0.39 is 0 Å². The number of carbonyl (C=O) groups excluding carboxylic acids is 1. The van der Waals surface area contributed by atoms with Gasteiger partial charge in [-0.25, -0.2) is 4.79 Å². The normalized spacial score (nSPS) is 14.4. The second-order valence-corrected chi connectivity index (χ2v) is 7.94. The molecule has 6 nitrogen and oxygen atoms in total. The number of ether oxygens (including phenoxy) is 2. The Kier molecular flexibility index (Phi) is 8.63. The Hall–Kier alpha value is -1.99. The van der Waals surface area contributed by atoms with Crippen molar-refractivity contribution < 1.29 is 14.3 Å². The molecule has 1 saturated heterocycles. The van der Waals surface area contributed by atoms with Crippen molar-refractivity contribution in [2.24, 2.45) is 0 Å². The number of nitrogens with zero attached hydrogens (tertiary/aromatic N) is 2. The molecule has 1 aliphatic rings. The molecule has 0 spiro atoms. The summed E-state index contributed by atoms with van der Waals surface area (Å²) in [5.41, 5.74) is 1.48. The number of amides is 2. The number of carbonyl (C=O) groups is 1. The van der Waals surface area contributed by atoms with Gasteiger partial charge in [0, 0.05) is 36.8 Å². The van der Waals surface area contributed by atoms with Gasteiger partial charge in [-0.1, -0.05) is 41.4 Å². The van der Waals surface area contributed by atoms with E-state index in [-0.39, 0.29) is 6.03 Å². The number of morpholine rings is 1. The SMILES string of the molecule is COc1ccccc1CN(CCCN1CCOCC1)C(=O)Nc1ccc(Cl)cc1Cl. The van der Waals surface area contributed by atoms with Crippen LogP contribution in [-0.4, -0.2) is 62.3 Å². The van der Waals surface area contributed by atoms with E-state index in [9.17, 15) is 4.79 Å². The van der Waals surface area contributed by atoms with Crippen LogP contribution in [-0.2, 0) is 11.3 Å². The maximum absolute atomic E-state index is 13.1. The maximum Gasteiger partial charge on any atom is 0.322 e. The average Bonchev–Trinajstić information content (AvgIpc) is 2.76. The van der Waals surface area contributed by atoms with Gasteiger partial charge in [0.05, 0.1) is 37.6 Å². The van der Waals surface area contributed by atoms with E-state index in [0.717, 1.165) is 50.6 Å². The van der Waals surface area contributed by atoms with E-state index in [4.69, 9.17) is 32.7 Å². The van der Waals surface area contributed by atoms with Crippen molar-refractivity contribution in [1.82, 2.24) is 9.80 Å². The highest BCUT2D eigenvalue weighted by molar-refractivity contribution is 6.36. The van der Waals surface area contributed by atoms with Crippen molar-refractivity contribution in [3.8, 4) is 5.75 Å². The molecular weight excluding hydrogens is 425 g/mol. The number of rotatable bonds is 8. The average molecular weight is 452 g/mol. The van der Waals surface area contributed by atoms with Crippen LogP contribution in [0.5, 0.6) is 5.75 Å². The first-order chi connectivity index (χ1) is 14.6. The molecule has 1 heterocycles. The molecule has 0 radical (unpaired) electrons. The number of para-hydroxylation sites is 1. The monoisotopic (exact) mass is 451 g/mol. The molecule has 0 unspecified atom stereocenters. The van der Waals surface area contributed by atoms with Crippen LogP contribution in [0.2, 0.25) is 10.0 Å². The molecule has 162 valence electrons. The van der Waals surface area contributed by atoms with Crippen LogP contribution in [0.25, 0.3) is 0 Å². The molecule has 30 heavy (non-hydrogen) atoms. The van der Waals surface area contributed by atoms with Crippen molar-refractivity contribution >= 4 is 34.9 Å². The van der Waals surface area contributed by atoms with Crippen LogP contribution in [0.1, 0.15) is 12.0 Å². The fourth-order valence-corrected chi connectivity index (χ4v) is 3.84. The molecular formula is C22H27Cl2N3O3. The Morgan fingerprint density at radius 2 is 1.97 bits per heavy atom. The summed E-state index contributed by atoms with van der Waals surface area (Å²) in [6.07, 6.45) is 0.858. The molecule has 0 saturated carbocycles. The zero-order valence-electron chi connectivity index (χ0n) is 17.1. The minimum Gasteiger partial charge on any atom is -0.496 e. The summed E-state index contributed by atoms with van der Waals surface area (Å²) in [5, 5.41) is 3.83. The van der Waals surface area contributed by atoms with E-state index in [2.05, 4.69) is 10.2 Å². The van der Waals surface area contributed by atoms with Gasteiger partial charge in [-0.3, -0.25) is 4.90 Å². The number of methoxy groups -OCH3 is 1. The third-order valence-corrected chi connectivity index (χ3v) is 5.57. The largest absolute Gasteiger partial charge is 0.496 e. The fourth-order valence-electron chi connectivity index (χ4n) is 3.39. The van der Waals surface area contributed by atoms with Gasteiger partial charge in [-0.2, -0.15) is 0 Å². The minimum absolute atomic E-state index is 0.216. The molecule has 1 fully saturated rings. The van der Waals surface area contributed by atoms with Crippen molar-refractivity contribution in [3.05, 3.63) is 58.1 Å². The van der Waals surface area contributed by atoms with E-state index in [0.29, 0.717) is 28.8 Å². The Bertz CT molecular complexity index is 844. The quantitative estimate of drug-likeness (QED) is 0.628. The van der Waals surface area contributed by atoms with E-state index >= 15 is 0 Å². The number of urea groups is 1. The van der Waals surface area contributed by atoms with Crippen LogP contribution >= 0.6 is 23.2 Å². The summed E-state index contributed by atoms with van der Waals surface area (Å²) >= 11 is 12.2. The number of hydrogen-bond donors (Lipinski definition) is 1. The van der Waals surface area contributed by atoms with Gasteiger partial charge in [0.15, 0.2) is 0 Å². The summed E-state index contributed by atoms with van der Waals surface area (Å²) < 4.78 is 10.9. The number of benzene rings is 2. The third-order valence-electron chi connectivity index (χ3n) is 5.02. The molecule has 8 heteroatoms. The molecule has 0 aromatic heterocycles. The summed E-state index contributed by atoms with van der Waals surface area (Å²) in [4.78, 5) is 17.2. The van der Waals surface area contributed by atoms with Gasteiger partial charge in [0.25, 0.3) is 0 Å². The van der Waals surface area contributed by atoms with Crippen LogP contribution < -0.4 is 10.1 Å². The molecule has 0 bridgehead atoms. The van der Waals surface area contributed by atoms with Crippen molar-refractivity contribution in [3.63, 3.8) is 0 Å². The number of hydrogen-bond acceptors (Lipinski definition) is 4. The van der Waals surface area contributed by atoms with Gasteiger partial charge in [-0.15, -0.1) is 0 Å². The van der Waals surface area contributed by atoms with E-state index in [1.165, 1.54) is 0 Å². The van der Waals surface area contributed by atoms with Gasteiger partial charge in [-0.05, 0) is 30.7 Å². The van der Waals surface area contributed by atoms with Crippen molar-refractivity contribution in [2.45, 2.75) is 13.0 Å². The predicted molar refractivity (Wildman–Crippen MR) is 121 cm³/mol. The van der Waals surface area contributed by atoms with Crippen LogP contribution in [0.15, 0.2) is 42.5 Å². The molecule has 2 amide bonds. The lowest BCUT2D eigenvalue weighted by Gasteiger charge is -2.29. The predicted octanol–water partition coefficient (Wildman–Crippen LogP) is 4.76. The minimum atomic E-state index is -0.216. The van der Waals surface area contributed by atoms with Gasteiger partial charge in [0.1, 0.15) is 5.75 Å². The highest BCUT2D eigenvalue weighted by atomic mass is 35.5. The smallest absolute Gasteiger partial charge is 0.322 e. The van der Waals surface area contributed by atoms with Crippen molar-refractivity contribution in [1.29, 1.82) is 0 Å². The van der Waals surface area contributed by atoms with E-state index in [1.807, 2.05) is 24.3 Å². The second kappa shape index (κ2) is 11.4. The highest BCUT2D eigenvalue weighted by Gasteiger charge is 2.18. The molecule has 1 N–H and O–H groups in total. The second-order valence-electron chi connectivity index (χ2n) is 7.10. The van der Waals surface area contributed by atoms with Gasteiger partial charge in [0.2, 0.25) is 0 Å². The fraction of sp³-hybridized carbons (Fsp3) is 0.409. The lowest BCUT2D eigenvalue weighted by atomic mass is 10.2. The molecule has 1 aliphatic heterocycles. The Morgan fingerprint density at radius 1 is 1.20 bits per heavy atom. The first kappa shape index (κ1) is 22.7. The van der Waals surface area contributed by atoms with Crippen molar-refractivity contribution in [2.75, 3.05) is 51.8 Å². The number of anilines is 1. The first-order valence-corrected chi connectivity index (χ1v) is 10.8. The number of halogens is 2. The van der Waals surface area contributed by atoms with Crippen LogP contribution in [0.3, 0.4) is 0 Å². The molecule has 2 aromatic rings. The molecule has 0 atom stereocenters. The van der Waals surface area contributed by atoms with Crippen LogP contribution in [0, 0.1) is 0 Å². The van der Waals surface area contributed by atoms with Crippen LogP contribution in [0.4, 0.5) is 10.5 Å². The lowest BCUT2D eigenvalue weighted by molar-refractivity contribution is 0.0365. The summed E-state index contributed by atoms with van der Waals surface area (Å²) in [7, 11) is 1.63. The molecule has 0 aliphatic carbocycles. The Morgan fingerprint density at radius 3 is 2.70 bits per heavy atom. The highest BCUT2D eigenvalue weighted by Crippen LogP contribution is 2.26. The first-order valence-electron chi connectivity index (χ1n) is 10.00. The molecule has 2 aromatic carbocycles. The molecule has 3 rings (SSSR count). The summed E-state index contributed by atoms with van der Waals surface area (Å²) in [6.45, 7) is 5.34.